The maximum Gasteiger partial charge on any atom is 0.263 e. The minimum absolute atomic E-state index is 0.134. The standard InChI is InChI=1S/C22H35N3O2/c1-15(2)27-6-4-5-24-14-20(13-23)21(26)25-16(3)22-10-17-7-18(11-22)9-19(8-17)12-22/h14-19,24H,4-12H2,1-3H3,(H,25,26)/b20-14-. The van der Waals surface area contributed by atoms with Crippen molar-refractivity contribution >= 4 is 5.91 Å². The second-order valence-corrected chi connectivity index (χ2v) is 9.37. The van der Waals surface area contributed by atoms with Gasteiger partial charge in [-0.3, -0.25) is 4.79 Å². The predicted octanol–water partition coefficient (Wildman–Crippen LogP) is 3.52. The lowest BCUT2D eigenvalue weighted by molar-refractivity contribution is -0.122. The van der Waals surface area contributed by atoms with Crippen LogP contribution in [0.5, 0.6) is 0 Å². The number of amides is 1. The van der Waals surface area contributed by atoms with Crippen molar-refractivity contribution in [3.8, 4) is 6.07 Å². The second kappa shape index (κ2) is 8.65. The molecule has 5 heteroatoms. The molecule has 2 N–H and O–H groups in total. The minimum atomic E-state index is -0.244. The number of carbonyl (C=O) groups is 1. The number of rotatable bonds is 9. The fraction of sp³-hybridized carbons (Fsp3) is 0.818. The molecule has 0 spiro atoms. The fourth-order valence-electron chi connectivity index (χ4n) is 5.95. The van der Waals surface area contributed by atoms with E-state index in [-0.39, 0.29) is 29.0 Å². The summed E-state index contributed by atoms with van der Waals surface area (Å²) in [6, 6.07) is 2.18. The maximum atomic E-state index is 12.6. The monoisotopic (exact) mass is 373 g/mol. The largest absolute Gasteiger partial charge is 0.390 e. The highest BCUT2D eigenvalue weighted by molar-refractivity contribution is 5.97. The highest BCUT2D eigenvalue weighted by atomic mass is 16.5. The molecule has 0 radical (unpaired) electrons. The van der Waals surface area contributed by atoms with E-state index in [9.17, 15) is 10.1 Å². The average molecular weight is 374 g/mol. The zero-order valence-electron chi connectivity index (χ0n) is 17.1. The van der Waals surface area contributed by atoms with Crippen LogP contribution >= 0.6 is 0 Å². The maximum absolute atomic E-state index is 12.6. The van der Waals surface area contributed by atoms with Gasteiger partial charge < -0.3 is 15.4 Å². The molecular weight excluding hydrogens is 338 g/mol. The van der Waals surface area contributed by atoms with Crippen LogP contribution in [0.1, 0.15) is 65.7 Å². The molecule has 4 fully saturated rings. The summed E-state index contributed by atoms with van der Waals surface area (Å²) >= 11 is 0. The lowest BCUT2D eigenvalue weighted by Crippen LogP contribution is -2.56. The summed E-state index contributed by atoms with van der Waals surface area (Å²) in [5.41, 5.74) is 0.420. The predicted molar refractivity (Wildman–Crippen MR) is 106 cm³/mol. The lowest BCUT2D eigenvalue weighted by atomic mass is 9.48. The molecule has 0 heterocycles. The molecule has 0 aromatic heterocycles. The van der Waals surface area contributed by atoms with Crippen molar-refractivity contribution < 1.29 is 9.53 Å². The molecule has 27 heavy (non-hydrogen) atoms. The quantitative estimate of drug-likeness (QED) is 0.368. The van der Waals surface area contributed by atoms with E-state index in [4.69, 9.17) is 4.74 Å². The van der Waals surface area contributed by atoms with Crippen LogP contribution in [0.3, 0.4) is 0 Å². The first-order valence-electron chi connectivity index (χ1n) is 10.7. The Morgan fingerprint density at radius 3 is 2.30 bits per heavy atom. The molecule has 4 aliphatic carbocycles. The van der Waals surface area contributed by atoms with Crippen LogP contribution < -0.4 is 10.6 Å². The van der Waals surface area contributed by atoms with Gasteiger partial charge in [0.2, 0.25) is 0 Å². The molecule has 0 saturated heterocycles. The molecule has 1 amide bonds. The van der Waals surface area contributed by atoms with E-state index in [1.165, 1.54) is 38.5 Å². The van der Waals surface area contributed by atoms with Crippen LogP contribution in [0.15, 0.2) is 11.8 Å². The summed E-state index contributed by atoms with van der Waals surface area (Å²) < 4.78 is 5.49. The van der Waals surface area contributed by atoms with E-state index < -0.39 is 0 Å². The smallest absolute Gasteiger partial charge is 0.263 e. The van der Waals surface area contributed by atoms with Crippen molar-refractivity contribution in [2.24, 2.45) is 23.2 Å². The SMILES string of the molecule is CC(C)OCCCN/C=C(/C#N)C(=O)NC(C)C12CC3CC(CC(C3)C1)C2. The van der Waals surface area contributed by atoms with Gasteiger partial charge >= 0.3 is 0 Å². The van der Waals surface area contributed by atoms with Crippen LogP contribution in [0, 0.1) is 34.5 Å². The van der Waals surface area contributed by atoms with E-state index in [1.807, 2.05) is 19.9 Å². The zero-order chi connectivity index (χ0) is 19.4. The van der Waals surface area contributed by atoms with E-state index in [0.717, 1.165) is 24.2 Å². The summed E-state index contributed by atoms with van der Waals surface area (Å²) in [7, 11) is 0. The van der Waals surface area contributed by atoms with E-state index in [1.54, 1.807) is 6.20 Å². The Labute approximate surface area is 163 Å². The molecule has 1 atom stereocenters. The molecule has 4 saturated carbocycles. The van der Waals surface area contributed by atoms with E-state index >= 15 is 0 Å². The summed E-state index contributed by atoms with van der Waals surface area (Å²) in [5.74, 6) is 2.33. The number of nitrogens with one attached hydrogen (secondary N) is 2. The van der Waals surface area contributed by atoms with Crippen LogP contribution in [-0.2, 0) is 9.53 Å². The van der Waals surface area contributed by atoms with Gasteiger partial charge in [0.1, 0.15) is 11.6 Å². The van der Waals surface area contributed by atoms with Gasteiger partial charge in [0.15, 0.2) is 0 Å². The summed E-state index contributed by atoms with van der Waals surface area (Å²) in [5, 5.41) is 15.6. The molecule has 4 rings (SSSR count). The molecule has 1 unspecified atom stereocenters. The Bertz CT molecular complexity index is 570. The third-order valence-electron chi connectivity index (χ3n) is 6.88. The van der Waals surface area contributed by atoms with Crippen LogP contribution in [0.25, 0.3) is 0 Å². The van der Waals surface area contributed by atoms with Crippen LogP contribution in [0.4, 0.5) is 0 Å². The molecule has 0 aromatic carbocycles. The van der Waals surface area contributed by atoms with Gasteiger partial charge in [0.05, 0.1) is 6.10 Å². The second-order valence-electron chi connectivity index (χ2n) is 9.37. The van der Waals surface area contributed by atoms with Gasteiger partial charge in [-0.1, -0.05) is 0 Å². The Balaban J connectivity index is 1.49. The van der Waals surface area contributed by atoms with Crippen molar-refractivity contribution in [1.29, 1.82) is 5.26 Å². The first-order valence-corrected chi connectivity index (χ1v) is 10.7. The lowest BCUT2D eigenvalue weighted by Gasteiger charge is -2.59. The molecule has 150 valence electrons. The average Bonchev–Trinajstić information content (AvgIpc) is 2.59. The van der Waals surface area contributed by atoms with Crippen LogP contribution in [0.2, 0.25) is 0 Å². The number of hydrogen-bond donors (Lipinski definition) is 2. The van der Waals surface area contributed by atoms with E-state index in [2.05, 4.69) is 17.6 Å². The van der Waals surface area contributed by atoms with Crippen LogP contribution in [-0.4, -0.2) is 31.2 Å². The Hall–Kier alpha value is -1.54. The van der Waals surface area contributed by atoms with Gasteiger partial charge in [0.25, 0.3) is 5.91 Å². The van der Waals surface area contributed by atoms with Gasteiger partial charge in [-0.15, -0.1) is 0 Å². The number of nitriles is 1. The Morgan fingerprint density at radius 1 is 1.19 bits per heavy atom. The topological polar surface area (TPSA) is 74.1 Å². The van der Waals surface area contributed by atoms with Crippen molar-refractivity contribution in [1.82, 2.24) is 10.6 Å². The Morgan fingerprint density at radius 2 is 1.78 bits per heavy atom. The van der Waals surface area contributed by atoms with Crippen molar-refractivity contribution in [2.75, 3.05) is 13.2 Å². The van der Waals surface area contributed by atoms with Gasteiger partial charge in [-0.05, 0) is 88.9 Å². The van der Waals surface area contributed by atoms with Crippen molar-refractivity contribution in [3.63, 3.8) is 0 Å². The van der Waals surface area contributed by atoms with Gasteiger partial charge in [-0.2, -0.15) is 5.26 Å². The summed E-state index contributed by atoms with van der Waals surface area (Å²) in [4.78, 5) is 12.6. The molecule has 4 bridgehead atoms. The highest BCUT2D eigenvalue weighted by Crippen LogP contribution is 2.61. The van der Waals surface area contributed by atoms with Gasteiger partial charge in [0, 0.05) is 25.4 Å². The third-order valence-corrected chi connectivity index (χ3v) is 6.88. The minimum Gasteiger partial charge on any atom is -0.390 e. The van der Waals surface area contributed by atoms with E-state index in [0.29, 0.717) is 13.2 Å². The fourth-order valence-corrected chi connectivity index (χ4v) is 5.95. The number of ether oxygens (including phenoxy) is 1. The summed E-state index contributed by atoms with van der Waals surface area (Å²) in [6.07, 6.45) is 10.6. The zero-order valence-corrected chi connectivity index (χ0v) is 17.1. The Kier molecular flexibility index (Phi) is 6.47. The first kappa shape index (κ1) is 20.2. The highest BCUT2D eigenvalue weighted by Gasteiger charge is 2.53. The van der Waals surface area contributed by atoms with Crippen molar-refractivity contribution in [2.45, 2.75) is 77.9 Å². The summed E-state index contributed by atoms with van der Waals surface area (Å²) in [6.45, 7) is 7.54. The number of carbonyl (C=O) groups excluding carboxylic acids is 1. The normalized spacial score (nSPS) is 33.0. The van der Waals surface area contributed by atoms with Crippen molar-refractivity contribution in [3.05, 3.63) is 11.8 Å². The molecule has 0 aliphatic heterocycles. The number of nitrogens with zero attached hydrogens (tertiary/aromatic N) is 1. The van der Waals surface area contributed by atoms with Gasteiger partial charge in [-0.25, -0.2) is 0 Å². The molecular formula is C22H35N3O2. The molecule has 5 nitrogen and oxygen atoms in total. The molecule has 4 aliphatic rings. The third kappa shape index (κ3) is 4.85. The first-order chi connectivity index (χ1) is 12.9. The molecule has 0 aromatic rings. The number of hydrogen-bond acceptors (Lipinski definition) is 4.